The molecule has 0 amide bonds. The van der Waals surface area contributed by atoms with E-state index in [1.54, 1.807) is 0 Å². The molecule has 2 saturated heterocycles. The summed E-state index contributed by atoms with van der Waals surface area (Å²) >= 11 is 0. The summed E-state index contributed by atoms with van der Waals surface area (Å²) in [5, 5.41) is 0. The van der Waals surface area contributed by atoms with Gasteiger partial charge in [0.1, 0.15) is 12.2 Å². The fourth-order valence-electron chi connectivity index (χ4n) is 2.09. The number of hydrogen-bond donors (Lipinski definition) is 1. The van der Waals surface area contributed by atoms with Crippen LogP contribution in [0.1, 0.15) is 20.8 Å². The molecule has 2 fully saturated rings. The van der Waals surface area contributed by atoms with Crippen molar-refractivity contribution in [3.8, 4) is 0 Å². The first-order valence-corrected chi connectivity index (χ1v) is 4.74. The zero-order valence-electron chi connectivity index (χ0n) is 8.32. The van der Waals surface area contributed by atoms with Crippen LogP contribution in [0, 0.1) is 0 Å². The van der Waals surface area contributed by atoms with E-state index in [1.807, 2.05) is 20.8 Å². The topological polar surface area (TPSA) is 53.7 Å². The molecule has 0 aliphatic carbocycles. The highest BCUT2D eigenvalue weighted by Crippen LogP contribution is 2.37. The van der Waals surface area contributed by atoms with Gasteiger partial charge in [0.15, 0.2) is 5.79 Å². The van der Waals surface area contributed by atoms with Gasteiger partial charge in [-0.3, -0.25) is 0 Å². The molecule has 2 rings (SSSR count). The molecule has 4 unspecified atom stereocenters. The highest BCUT2D eigenvalue weighted by molar-refractivity contribution is 4.96. The van der Waals surface area contributed by atoms with Gasteiger partial charge in [-0.2, -0.15) is 0 Å². The van der Waals surface area contributed by atoms with Crippen molar-refractivity contribution in [3.63, 3.8) is 0 Å². The van der Waals surface area contributed by atoms with E-state index in [4.69, 9.17) is 19.9 Å². The standard InChI is InChI=1S/C9H17NO3/c1-5-7-8(6(4-10)11-5)13-9(2,3)12-7/h5-8H,4,10H2,1-3H3. The van der Waals surface area contributed by atoms with Crippen LogP contribution < -0.4 is 5.73 Å². The molecule has 2 aliphatic heterocycles. The Bertz CT molecular complexity index is 207. The van der Waals surface area contributed by atoms with Gasteiger partial charge >= 0.3 is 0 Å². The molecular weight excluding hydrogens is 170 g/mol. The van der Waals surface area contributed by atoms with Crippen LogP contribution in [0.3, 0.4) is 0 Å². The minimum Gasteiger partial charge on any atom is -0.368 e. The van der Waals surface area contributed by atoms with Gasteiger partial charge < -0.3 is 19.9 Å². The molecule has 76 valence electrons. The van der Waals surface area contributed by atoms with Gasteiger partial charge in [-0.15, -0.1) is 0 Å². The summed E-state index contributed by atoms with van der Waals surface area (Å²) in [7, 11) is 0. The number of hydrogen-bond acceptors (Lipinski definition) is 4. The highest BCUT2D eigenvalue weighted by Gasteiger charge is 2.52. The quantitative estimate of drug-likeness (QED) is 0.639. The molecule has 0 saturated carbocycles. The van der Waals surface area contributed by atoms with Gasteiger partial charge in [-0.25, -0.2) is 0 Å². The van der Waals surface area contributed by atoms with E-state index in [-0.39, 0.29) is 24.4 Å². The molecule has 4 atom stereocenters. The van der Waals surface area contributed by atoms with E-state index in [2.05, 4.69) is 0 Å². The predicted octanol–water partition coefficient (Wildman–Crippen LogP) is 0.252. The largest absolute Gasteiger partial charge is 0.368 e. The van der Waals surface area contributed by atoms with Crippen molar-refractivity contribution in [2.45, 2.75) is 51.0 Å². The van der Waals surface area contributed by atoms with E-state index in [9.17, 15) is 0 Å². The molecule has 0 radical (unpaired) electrons. The zero-order valence-corrected chi connectivity index (χ0v) is 8.32. The number of fused-ring (bicyclic) bond motifs is 1. The van der Waals surface area contributed by atoms with Crippen LogP contribution in [0.4, 0.5) is 0 Å². The predicted molar refractivity (Wildman–Crippen MR) is 47.2 cm³/mol. The molecule has 4 nitrogen and oxygen atoms in total. The molecule has 0 aromatic heterocycles. The molecule has 2 aliphatic rings. The Balaban J connectivity index is 2.12. The molecule has 13 heavy (non-hydrogen) atoms. The molecular formula is C9H17NO3. The molecule has 0 aromatic rings. The maximum absolute atomic E-state index is 5.72. The van der Waals surface area contributed by atoms with Crippen molar-refractivity contribution in [1.29, 1.82) is 0 Å². The summed E-state index contributed by atoms with van der Waals surface area (Å²) in [6, 6.07) is 0. The molecule has 2 heterocycles. The lowest BCUT2D eigenvalue weighted by molar-refractivity contribution is -0.183. The van der Waals surface area contributed by atoms with Crippen LogP contribution in [-0.2, 0) is 14.2 Å². The van der Waals surface area contributed by atoms with Crippen LogP contribution in [0.25, 0.3) is 0 Å². The van der Waals surface area contributed by atoms with Crippen LogP contribution in [0.5, 0.6) is 0 Å². The average Bonchev–Trinajstić information content (AvgIpc) is 2.47. The summed E-state index contributed by atoms with van der Waals surface area (Å²) in [4.78, 5) is 0. The maximum Gasteiger partial charge on any atom is 0.164 e. The Labute approximate surface area is 78.3 Å². The van der Waals surface area contributed by atoms with Crippen molar-refractivity contribution in [1.82, 2.24) is 0 Å². The second-order valence-corrected chi connectivity index (χ2v) is 4.18. The first kappa shape index (κ1) is 9.40. The molecule has 0 bridgehead atoms. The molecule has 2 N–H and O–H groups in total. The van der Waals surface area contributed by atoms with Crippen molar-refractivity contribution in [2.75, 3.05) is 6.54 Å². The molecule has 4 heteroatoms. The maximum atomic E-state index is 5.72. The molecule has 0 aromatic carbocycles. The van der Waals surface area contributed by atoms with Gasteiger partial charge in [0, 0.05) is 6.54 Å². The third-order valence-electron chi connectivity index (χ3n) is 2.61. The second kappa shape index (κ2) is 2.92. The second-order valence-electron chi connectivity index (χ2n) is 4.18. The summed E-state index contributed by atoms with van der Waals surface area (Å²) < 4.78 is 17.0. The summed E-state index contributed by atoms with van der Waals surface area (Å²) in [5.41, 5.74) is 5.58. The SMILES string of the molecule is CC1OC(CN)C2OC(C)(C)OC12. The van der Waals surface area contributed by atoms with E-state index in [0.29, 0.717) is 6.54 Å². The van der Waals surface area contributed by atoms with Crippen LogP contribution >= 0.6 is 0 Å². The first-order chi connectivity index (χ1) is 6.03. The number of nitrogens with two attached hydrogens (primary N) is 1. The third-order valence-corrected chi connectivity index (χ3v) is 2.61. The first-order valence-electron chi connectivity index (χ1n) is 4.74. The molecule has 0 spiro atoms. The van der Waals surface area contributed by atoms with Gasteiger partial charge in [0.2, 0.25) is 0 Å². The highest BCUT2D eigenvalue weighted by atomic mass is 16.8. The Morgan fingerprint density at radius 3 is 2.46 bits per heavy atom. The monoisotopic (exact) mass is 187 g/mol. The lowest BCUT2D eigenvalue weighted by Crippen LogP contribution is -2.34. The Hall–Kier alpha value is -0.160. The summed E-state index contributed by atoms with van der Waals surface area (Å²) in [5.74, 6) is -0.485. The van der Waals surface area contributed by atoms with Gasteiger partial charge in [0.25, 0.3) is 0 Å². The van der Waals surface area contributed by atoms with E-state index in [1.165, 1.54) is 0 Å². The van der Waals surface area contributed by atoms with Crippen LogP contribution in [-0.4, -0.2) is 36.7 Å². The number of ether oxygens (including phenoxy) is 3. The van der Waals surface area contributed by atoms with E-state index < -0.39 is 5.79 Å². The van der Waals surface area contributed by atoms with Crippen molar-refractivity contribution >= 4 is 0 Å². The third kappa shape index (κ3) is 1.48. The van der Waals surface area contributed by atoms with E-state index >= 15 is 0 Å². The van der Waals surface area contributed by atoms with E-state index in [0.717, 1.165) is 0 Å². The van der Waals surface area contributed by atoms with Crippen molar-refractivity contribution in [2.24, 2.45) is 5.73 Å². The van der Waals surface area contributed by atoms with Crippen molar-refractivity contribution < 1.29 is 14.2 Å². The normalized spacial score (nSPS) is 48.0. The smallest absolute Gasteiger partial charge is 0.164 e. The Morgan fingerprint density at radius 1 is 1.23 bits per heavy atom. The lowest BCUT2D eigenvalue weighted by atomic mass is 10.1. The van der Waals surface area contributed by atoms with Gasteiger partial charge in [-0.1, -0.05) is 0 Å². The Morgan fingerprint density at radius 2 is 1.85 bits per heavy atom. The van der Waals surface area contributed by atoms with Gasteiger partial charge in [0.05, 0.1) is 12.2 Å². The summed E-state index contributed by atoms with van der Waals surface area (Å²) in [6.45, 7) is 6.33. The van der Waals surface area contributed by atoms with Crippen LogP contribution in [0.2, 0.25) is 0 Å². The number of rotatable bonds is 1. The zero-order chi connectivity index (χ0) is 9.64. The fourth-order valence-corrected chi connectivity index (χ4v) is 2.09. The van der Waals surface area contributed by atoms with Crippen LogP contribution in [0.15, 0.2) is 0 Å². The van der Waals surface area contributed by atoms with Gasteiger partial charge in [-0.05, 0) is 20.8 Å². The lowest BCUT2D eigenvalue weighted by Gasteiger charge is -2.22. The Kier molecular flexibility index (Phi) is 2.11. The minimum atomic E-state index is -0.485. The minimum absolute atomic E-state index is 0.00926. The average molecular weight is 187 g/mol. The summed E-state index contributed by atoms with van der Waals surface area (Å²) in [6.07, 6.45) is 0.126. The van der Waals surface area contributed by atoms with Crippen molar-refractivity contribution in [3.05, 3.63) is 0 Å². The fraction of sp³-hybridized carbons (Fsp3) is 1.00.